The Morgan fingerprint density at radius 3 is 3.11 bits per heavy atom. The van der Waals surface area contributed by atoms with E-state index in [4.69, 9.17) is 20.8 Å². The summed E-state index contributed by atoms with van der Waals surface area (Å²) in [4.78, 5) is 12.2. The van der Waals surface area contributed by atoms with Gasteiger partial charge in [-0.3, -0.25) is 9.48 Å². The molecular formula is C13H15ClN2O3. The largest absolute Gasteiger partial charge is 0.469 e. The minimum atomic E-state index is -0.0463. The lowest BCUT2D eigenvalue weighted by atomic mass is 10.1. The molecular weight excluding hydrogens is 268 g/mol. The molecule has 0 unspecified atom stereocenters. The molecule has 102 valence electrons. The molecule has 0 aliphatic carbocycles. The highest BCUT2D eigenvalue weighted by atomic mass is 35.5. The van der Waals surface area contributed by atoms with Gasteiger partial charge in [0.15, 0.2) is 5.78 Å². The molecule has 0 N–H and O–H groups in total. The lowest BCUT2D eigenvalue weighted by Gasteiger charge is -2.06. The number of ether oxygens (including phenoxy) is 1. The van der Waals surface area contributed by atoms with Gasteiger partial charge in [0, 0.05) is 20.0 Å². The second-order valence-electron chi connectivity index (χ2n) is 4.06. The zero-order valence-corrected chi connectivity index (χ0v) is 11.4. The van der Waals surface area contributed by atoms with Gasteiger partial charge in [0.05, 0.1) is 30.6 Å². The number of ketones is 1. The van der Waals surface area contributed by atoms with Crippen LogP contribution in [0.25, 0.3) is 0 Å². The fourth-order valence-electron chi connectivity index (χ4n) is 1.80. The number of carbonyl (C=O) groups excluding carboxylic acids is 1. The molecule has 0 bridgehead atoms. The first-order valence-electron chi connectivity index (χ1n) is 5.98. The molecule has 0 aliphatic rings. The molecule has 19 heavy (non-hydrogen) atoms. The number of nitrogens with zero attached hydrogens (tertiary/aromatic N) is 2. The molecule has 2 aromatic rings. The molecule has 2 heterocycles. The number of carbonyl (C=O) groups is 1. The molecule has 0 atom stereocenters. The summed E-state index contributed by atoms with van der Waals surface area (Å²) in [5.74, 6) is 0.738. The van der Waals surface area contributed by atoms with Gasteiger partial charge in [-0.2, -0.15) is 5.10 Å². The summed E-state index contributed by atoms with van der Waals surface area (Å²) in [6, 6.07) is 3.65. The van der Waals surface area contributed by atoms with Gasteiger partial charge in [-0.05, 0) is 12.1 Å². The molecule has 2 aromatic heterocycles. The van der Waals surface area contributed by atoms with Gasteiger partial charge < -0.3 is 9.15 Å². The lowest BCUT2D eigenvalue weighted by Crippen LogP contribution is -2.14. The van der Waals surface area contributed by atoms with Crippen LogP contribution in [0.1, 0.15) is 22.7 Å². The average molecular weight is 283 g/mol. The Morgan fingerprint density at radius 1 is 1.58 bits per heavy atom. The second kappa shape index (κ2) is 6.54. The minimum absolute atomic E-state index is 0.0463. The van der Waals surface area contributed by atoms with Crippen molar-refractivity contribution in [3.05, 3.63) is 41.1 Å². The second-order valence-corrected chi connectivity index (χ2v) is 4.47. The van der Waals surface area contributed by atoms with Crippen LogP contribution in [0, 0.1) is 0 Å². The van der Waals surface area contributed by atoms with E-state index in [0.29, 0.717) is 36.7 Å². The molecule has 0 spiro atoms. The van der Waals surface area contributed by atoms with E-state index in [-0.39, 0.29) is 5.78 Å². The van der Waals surface area contributed by atoms with Crippen LogP contribution in [0.3, 0.4) is 0 Å². The van der Waals surface area contributed by atoms with Crippen molar-refractivity contribution in [1.82, 2.24) is 9.78 Å². The highest BCUT2D eigenvalue weighted by Gasteiger charge is 2.17. The zero-order chi connectivity index (χ0) is 13.7. The van der Waals surface area contributed by atoms with Gasteiger partial charge in [-0.25, -0.2) is 0 Å². The van der Waals surface area contributed by atoms with Crippen molar-refractivity contribution in [3.63, 3.8) is 0 Å². The fourth-order valence-corrected chi connectivity index (χ4v) is 2.04. The molecule has 0 aliphatic heterocycles. The van der Waals surface area contributed by atoms with Crippen LogP contribution in [-0.2, 0) is 17.7 Å². The highest BCUT2D eigenvalue weighted by Crippen LogP contribution is 2.18. The number of hydrogen-bond donors (Lipinski definition) is 0. The Labute approximate surface area is 116 Å². The lowest BCUT2D eigenvalue weighted by molar-refractivity contribution is 0.0967. The van der Waals surface area contributed by atoms with Crippen molar-refractivity contribution in [1.29, 1.82) is 0 Å². The number of furan rings is 1. The van der Waals surface area contributed by atoms with E-state index in [1.165, 1.54) is 6.20 Å². The Kier molecular flexibility index (Phi) is 4.76. The molecule has 0 radical (unpaired) electrons. The third-order valence-corrected chi connectivity index (χ3v) is 3.02. The SMILES string of the molecule is COCCn1ncc(Cl)c1C(=O)CCc1ccco1. The van der Waals surface area contributed by atoms with Crippen molar-refractivity contribution >= 4 is 17.4 Å². The quantitative estimate of drug-likeness (QED) is 0.733. The fraction of sp³-hybridized carbons (Fsp3) is 0.385. The van der Waals surface area contributed by atoms with Gasteiger partial charge in [0.25, 0.3) is 0 Å². The maximum absolute atomic E-state index is 12.2. The topological polar surface area (TPSA) is 57.3 Å². The van der Waals surface area contributed by atoms with Gasteiger partial charge in [-0.15, -0.1) is 0 Å². The Hall–Kier alpha value is -1.59. The van der Waals surface area contributed by atoms with Gasteiger partial charge in [0.1, 0.15) is 11.5 Å². The van der Waals surface area contributed by atoms with Crippen LogP contribution >= 0.6 is 11.6 Å². The third kappa shape index (κ3) is 3.45. The first kappa shape index (κ1) is 13.8. The normalized spacial score (nSPS) is 10.8. The van der Waals surface area contributed by atoms with Crippen molar-refractivity contribution in [3.8, 4) is 0 Å². The van der Waals surface area contributed by atoms with Crippen LogP contribution in [0.2, 0.25) is 5.02 Å². The van der Waals surface area contributed by atoms with Gasteiger partial charge in [0.2, 0.25) is 0 Å². The van der Waals surface area contributed by atoms with E-state index >= 15 is 0 Å². The molecule has 0 fully saturated rings. The monoisotopic (exact) mass is 282 g/mol. The molecule has 0 aromatic carbocycles. The van der Waals surface area contributed by atoms with Crippen LogP contribution in [0.15, 0.2) is 29.0 Å². The average Bonchev–Trinajstić information content (AvgIpc) is 3.03. The standard InChI is InChI=1S/C13H15ClN2O3/c1-18-8-6-16-13(11(14)9-15-16)12(17)5-4-10-3-2-7-19-10/h2-3,7,9H,4-6,8H2,1H3. The number of aryl methyl sites for hydroxylation is 1. The van der Waals surface area contributed by atoms with Gasteiger partial charge >= 0.3 is 0 Å². The summed E-state index contributed by atoms with van der Waals surface area (Å²) >= 11 is 6.01. The van der Waals surface area contributed by atoms with Crippen molar-refractivity contribution in [2.24, 2.45) is 0 Å². The Morgan fingerprint density at radius 2 is 2.42 bits per heavy atom. The number of Topliss-reactive ketones (excluding diaryl/α,β-unsaturated/α-hetero) is 1. The van der Waals surface area contributed by atoms with Crippen molar-refractivity contribution < 1.29 is 13.9 Å². The molecule has 0 saturated carbocycles. The molecule has 6 heteroatoms. The maximum atomic E-state index is 12.2. The summed E-state index contributed by atoms with van der Waals surface area (Å²) in [5, 5.41) is 4.46. The third-order valence-electron chi connectivity index (χ3n) is 2.74. The van der Waals surface area contributed by atoms with Crippen molar-refractivity contribution in [2.45, 2.75) is 19.4 Å². The van der Waals surface area contributed by atoms with E-state index in [1.807, 2.05) is 6.07 Å². The molecule has 0 amide bonds. The summed E-state index contributed by atoms with van der Waals surface area (Å²) in [7, 11) is 1.60. The number of aromatic nitrogens is 2. The summed E-state index contributed by atoms with van der Waals surface area (Å²) in [5.41, 5.74) is 0.435. The molecule has 0 saturated heterocycles. The van der Waals surface area contributed by atoms with E-state index < -0.39 is 0 Å². The van der Waals surface area contributed by atoms with Crippen LogP contribution in [0.4, 0.5) is 0 Å². The first-order valence-corrected chi connectivity index (χ1v) is 6.36. The van der Waals surface area contributed by atoms with Gasteiger partial charge in [-0.1, -0.05) is 11.6 Å². The predicted molar refractivity (Wildman–Crippen MR) is 70.5 cm³/mol. The zero-order valence-electron chi connectivity index (χ0n) is 10.6. The number of halogens is 1. The summed E-state index contributed by atoms with van der Waals surface area (Å²) in [6.07, 6.45) is 3.97. The number of hydrogen-bond acceptors (Lipinski definition) is 4. The van der Waals surface area contributed by atoms with E-state index in [1.54, 1.807) is 24.1 Å². The Bertz CT molecular complexity index is 534. The van der Waals surface area contributed by atoms with E-state index in [2.05, 4.69) is 5.10 Å². The molecule has 2 rings (SSSR count). The number of rotatable bonds is 7. The van der Waals surface area contributed by atoms with Crippen LogP contribution in [-0.4, -0.2) is 29.3 Å². The Balaban J connectivity index is 2.03. The van der Waals surface area contributed by atoms with Crippen LogP contribution in [0.5, 0.6) is 0 Å². The number of methoxy groups -OCH3 is 1. The molecule has 5 nitrogen and oxygen atoms in total. The predicted octanol–water partition coefficient (Wildman–Crippen LogP) is 2.59. The summed E-state index contributed by atoms with van der Waals surface area (Å²) in [6.45, 7) is 0.988. The van der Waals surface area contributed by atoms with E-state index in [9.17, 15) is 4.79 Å². The highest BCUT2D eigenvalue weighted by molar-refractivity contribution is 6.33. The smallest absolute Gasteiger partial charge is 0.182 e. The van der Waals surface area contributed by atoms with Crippen LogP contribution < -0.4 is 0 Å². The maximum Gasteiger partial charge on any atom is 0.182 e. The summed E-state index contributed by atoms with van der Waals surface area (Å²) < 4.78 is 11.8. The van der Waals surface area contributed by atoms with Crippen molar-refractivity contribution in [2.75, 3.05) is 13.7 Å². The first-order chi connectivity index (χ1) is 9.22. The minimum Gasteiger partial charge on any atom is -0.469 e. The van der Waals surface area contributed by atoms with E-state index in [0.717, 1.165) is 5.76 Å².